The largest absolute Gasteiger partial charge is 0.340 e. The first kappa shape index (κ1) is 14.1. The zero-order valence-corrected chi connectivity index (χ0v) is 13.1. The van der Waals surface area contributed by atoms with Crippen molar-refractivity contribution in [1.29, 1.82) is 0 Å². The SMILES string of the molecule is CC1(CC(=O)N2CCN(CCc3cccs3)CC2)CC1. The molecule has 1 saturated heterocycles. The Labute approximate surface area is 125 Å². The van der Waals surface area contributed by atoms with Crippen LogP contribution in [0.15, 0.2) is 17.5 Å². The molecule has 2 fully saturated rings. The zero-order valence-electron chi connectivity index (χ0n) is 12.3. The number of rotatable bonds is 5. The molecular formula is C16H24N2OS. The Bertz CT molecular complexity index is 445. The first-order chi connectivity index (χ1) is 9.65. The van der Waals surface area contributed by atoms with Crippen LogP contribution < -0.4 is 0 Å². The maximum Gasteiger partial charge on any atom is 0.223 e. The van der Waals surface area contributed by atoms with E-state index >= 15 is 0 Å². The third kappa shape index (κ3) is 3.61. The molecule has 0 unspecified atom stereocenters. The van der Waals surface area contributed by atoms with Crippen LogP contribution in [0.1, 0.15) is 31.1 Å². The van der Waals surface area contributed by atoms with Crippen molar-refractivity contribution in [3.05, 3.63) is 22.4 Å². The summed E-state index contributed by atoms with van der Waals surface area (Å²) in [5.41, 5.74) is 0.341. The first-order valence-electron chi connectivity index (χ1n) is 7.67. The summed E-state index contributed by atoms with van der Waals surface area (Å²) in [6, 6.07) is 4.33. The average molecular weight is 292 g/mol. The van der Waals surface area contributed by atoms with Crippen LogP contribution in [0.25, 0.3) is 0 Å². The Morgan fingerprint density at radius 3 is 2.65 bits per heavy atom. The van der Waals surface area contributed by atoms with Gasteiger partial charge in [-0.2, -0.15) is 0 Å². The molecule has 1 aliphatic heterocycles. The summed E-state index contributed by atoms with van der Waals surface area (Å²) in [5, 5.41) is 2.14. The standard InChI is InChI=1S/C16H24N2OS/c1-16(5-6-16)13-15(19)18-10-8-17(9-11-18)7-4-14-3-2-12-20-14/h2-3,12H,4-11,13H2,1H3. The number of carbonyl (C=O) groups excluding carboxylic acids is 1. The minimum Gasteiger partial charge on any atom is -0.340 e. The van der Waals surface area contributed by atoms with Crippen molar-refractivity contribution >= 4 is 17.2 Å². The van der Waals surface area contributed by atoms with Gasteiger partial charge in [-0.25, -0.2) is 0 Å². The van der Waals surface area contributed by atoms with Gasteiger partial charge in [-0.15, -0.1) is 11.3 Å². The van der Waals surface area contributed by atoms with Crippen LogP contribution in [-0.4, -0.2) is 48.4 Å². The molecule has 1 aromatic heterocycles. The fourth-order valence-electron chi connectivity index (χ4n) is 2.81. The summed E-state index contributed by atoms with van der Waals surface area (Å²) in [6.07, 6.45) is 4.38. The molecule has 1 aromatic rings. The van der Waals surface area contributed by atoms with Gasteiger partial charge in [0.15, 0.2) is 0 Å². The highest BCUT2D eigenvalue weighted by Crippen LogP contribution is 2.48. The van der Waals surface area contributed by atoms with E-state index in [0.717, 1.165) is 45.6 Å². The van der Waals surface area contributed by atoms with E-state index in [0.29, 0.717) is 11.3 Å². The fraction of sp³-hybridized carbons (Fsp3) is 0.688. The molecule has 0 radical (unpaired) electrons. The highest BCUT2D eigenvalue weighted by molar-refractivity contribution is 7.09. The van der Waals surface area contributed by atoms with Gasteiger partial charge in [-0.1, -0.05) is 13.0 Å². The van der Waals surface area contributed by atoms with Crippen molar-refractivity contribution in [2.75, 3.05) is 32.7 Å². The van der Waals surface area contributed by atoms with Gasteiger partial charge in [0.2, 0.25) is 5.91 Å². The summed E-state index contributed by atoms with van der Waals surface area (Å²) < 4.78 is 0. The topological polar surface area (TPSA) is 23.6 Å². The highest BCUT2D eigenvalue weighted by atomic mass is 32.1. The molecule has 1 amide bonds. The quantitative estimate of drug-likeness (QED) is 0.833. The lowest BCUT2D eigenvalue weighted by atomic mass is 10.0. The molecule has 0 atom stereocenters. The lowest BCUT2D eigenvalue weighted by Gasteiger charge is -2.35. The number of amides is 1. The van der Waals surface area contributed by atoms with Crippen molar-refractivity contribution in [2.45, 2.75) is 32.6 Å². The molecule has 20 heavy (non-hydrogen) atoms. The van der Waals surface area contributed by atoms with Gasteiger partial charge in [0.1, 0.15) is 0 Å². The van der Waals surface area contributed by atoms with Gasteiger partial charge in [-0.05, 0) is 36.1 Å². The fourth-order valence-corrected chi connectivity index (χ4v) is 3.51. The van der Waals surface area contributed by atoms with E-state index in [1.807, 2.05) is 11.3 Å². The van der Waals surface area contributed by atoms with E-state index in [1.165, 1.54) is 17.7 Å². The molecule has 2 heterocycles. The van der Waals surface area contributed by atoms with Crippen molar-refractivity contribution in [3.63, 3.8) is 0 Å². The van der Waals surface area contributed by atoms with Crippen LogP contribution in [0.4, 0.5) is 0 Å². The number of hydrogen-bond donors (Lipinski definition) is 0. The second-order valence-electron chi connectivity index (χ2n) is 6.54. The molecule has 110 valence electrons. The normalized spacial score (nSPS) is 21.9. The molecule has 0 N–H and O–H groups in total. The van der Waals surface area contributed by atoms with Crippen LogP contribution in [0.2, 0.25) is 0 Å². The Balaban J connectivity index is 1.39. The van der Waals surface area contributed by atoms with Crippen molar-refractivity contribution < 1.29 is 4.79 Å². The Morgan fingerprint density at radius 1 is 1.30 bits per heavy atom. The summed E-state index contributed by atoms with van der Waals surface area (Å²) in [6.45, 7) is 7.27. The van der Waals surface area contributed by atoms with Crippen LogP contribution in [-0.2, 0) is 11.2 Å². The average Bonchev–Trinajstić information content (AvgIpc) is 2.96. The molecule has 0 bridgehead atoms. The zero-order chi connectivity index (χ0) is 14.0. The van der Waals surface area contributed by atoms with E-state index in [4.69, 9.17) is 0 Å². The number of thiophene rings is 1. The summed E-state index contributed by atoms with van der Waals surface area (Å²) in [4.78, 5) is 18.2. The van der Waals surface area contributed by atoms with Gasteiger partial charge in [-0.3, -0.25) is 9.69 Å². The lowest BCUT2D eigenvalue weighted by Crippen LogP contribution is -2.49. The van der Waals surface area contributed by atoms with E-state index in [-0.39, 0.29) is 0 Å². The maximum absolute atomic E-state index is 12.2. The first-order valence-corrected chi connectivity index (χ1v) is 8.55. The van der Waals surface area contributed by atoms with Gasteiger partial charge in [0.05, 0.1) is 0 Å². The Morgan fingerprint density at radius 2 is 2.05 bits per heavy atom. The maximum atomic E-state index is 12.2. The predicted octanol–water partition coefficient (Wildman–Crippen LogP) is 2.63. The van der Waals surface area contributed by atoms with Gasteiger partial charge < -0.3 is 4.90 Å². The lowest BCUT2D eigenvalue weighted by molar-refractivity contribution is -0.134. The molecule has 2 aliphatic rings. The molecule has 3 rings (SSSR count). The van der Waals surface area contributed by atoms with E-state index in [9.17, 15) is 4.79 Å². The van der Waals surface area contributed by atoms with Gasteiger partial charge in [0, 0.05) is 44.0 Å². The third-order valence-corrected chi connectivity index (χ3v) is 5.60. The van der Waals surface area contributed by atoms with Crippen LogP contribution in [0.5, 0.6) is 0 Å². The second kappa shape index (κ2) is 5.86. The summed E-state index contributed by atoms with van der Waals surface area (Å²) in [5.74, 6) is 0.378. The molecule has 4 heteroatoms. The number of nitrogens with zero attached hydrogens (tertiary/aromatic N) is 2. The van der Waals surface area contributed by atoms with Crippen LogP contribution >= 0.6 is 11.3 Å². The highest BCUT2D eigenvalue weighted by Gasteiger charge is 2.40. The monoisotopic (exact) mass is 292 g/mol. The third-order valence-electron chi connectivity index (χ3n) is 4.66. The molecule has 1 aliphatic carbocycles. The van der Waals surface area contributed by atoms with Crippen molar-refractivity contribution in [3.8, 4) is 0 Å². The van der Waals surface area contributed by atoms with Gasteiger partial charge in [0.25, 0.3) is 0 Å². The molecule has 3 nitrogen and oxygen atoms in total. The molecule has 0 spiro atoms. The molecular weight excluding hydrogens is 268 g/mol. The minimum absolute atomic E-state index is 0.341. The van der Waals surface area contributed by atoms with E-state index in [2.05, 4.69) is 34.2 Å². The van der Waals surface area contributed by atoms with Crippen LogP contribution in [0, 0.1) is 5.41 Å². The molecule has 1 saturated carbocycles. The number of hydrogen-bond acceptors (Lipinski definition) is 3. The summed E-state index contributed by atoms with van der Waals surface area (Å²) >= 11 is 1.84. The van der Waals surface area contributed by atoms with Gasteiger partial charge >= 0.3 is 0 Å². The Kier molecular flexibility index (Phi) is 4.13. The minimum atomic E-state index is 0.341. The summed E-state index contributed by atoms with van der Waals surface area (Å²) in [7, 11) is 0. The van der Waals surface area contributed by atoms with Crippen LogP contribution in [0.3, 0.4) is 0 Å². The smallest absolute Gasteiger partial charge is 0.223 e. The molecule has 0 aromatic carbocycles. The van der Waals surface area contributed by atoms with E-state index in [1.54, 1.807) is 0 Å². The van der Waals surface area contributed by atoms with Crippen molar-refractivity contribution in [2.24, 2.45) is 5.41 Å². The number of piperazine rings is 1. The van der Waals surface area contributed by atoms with Crippen molar-refractivity contribution in [1.82, 2.24) is 9.80 Å². The predicted molar refractivity (Wildman–Crippen MR) is 83.0 cm³/mol. The number of carbonyl (C=O) groups is 1. The second-order valence-corrected chi connectivity index (χ2v) is 7.57. The van der Waals surface area contributed by atoms with E-state index < -0.39 is 0 Å². The Hall–Kier alpha value is -0.870.